The zero-order chi connectivity index (χ0) is 19.4. The molecular weight excluding hydrogens is 428 g/mol. The monoisotopic (exact) mass is 444 g/mol. The van der Waals surface area contributed by atoms with Gasteiger partial charge in [-0.05, 0) is 47.3 Å². The van der Waals surface area contributed by atoms with Crippen LogP contribution >= 0.6 is 28.1 Å². The Kier molecular flexibility index (Phi) is 5.93. The number of carbonyl (C=O) groups is 1. The highest BCUT2D eigenvalue weighted by Crippen LogP contribution is 2.29. The average Bonchev–Trinajstić information content (AvgIpc) is 2.68. The second-order valence-corrected chi connectivity index (χ2v) is 6.88. The number of hydrogen-bond acceptors (Lipinski definition) is 4. The highest BCUT2D eigenvalue weighted by atomic mass is 79.9. The lowest BCUT2D eigenvalue weighted by Gasteiger charge is -2.14. The molecule has 3 rings (SSSR count). The van der Waals surface area contributed by atoms with Gasteiger partial charge in [0.1, 0.15) is 11.5 Å². The lowest BCUT2D eigenvalue weighted by atomic mass is 10.0. The molecule has 3 aromatic rings. The standard InChI is InChI=1S/C20H17BrN2O3S/c1-25-12-9-10-17(18(11-12)26-2)22-20(27)23-19(24)15-7-3-6-14-13(15)5-4-8-16(14)21/h3-11H,1-2H3,(H2,22,23,24,27). The molecule has 0 bridgehead atoms. The van der Waals surface area contributed by atoms with Crippen LogP contribution in [0.1, 0.15) is 10.4 Å². The number of carbonyl (C=O) groups excluding carboxylic acids is 1. The Labute approximate surface area is 170 Å². The van der Waals surface area contributed by atoms with E-state index in [1.54, 1.807) is 38.5 Å². The maximum absolute atomic E-state index is 12.7. The molecule has 0 saturated carbocycles. The molecule has 0 aliphatic rings. The minimum Gasteiger partial charge on any atom is -0.497 e. The van der Waals surface area contributed by atoms with Crippen LogP contribution in [0.25, 0.3) is 10.8 Å². The molecule has 5 nitrogen and oxygen atoms in total. The summed E-state index contributed by atoms with van der Waals surface area (Å²) in [5, 5.41) is 7.68. The van der Waals surface area contributed by atoms with E-state index < -0.39 is 0 Å². The lowest BCUT2D eigenvalue weighted by Crippen LogP contribution is -2.34. The SMILES string of the molecule is COc1ccc(NC(=S)NC(=O)c2cccc3c(Br)cccc23)c(OC)c1. The largest absolute Gasteiger partial charge is 0.497 e. The van der Waals surface area contributed by atoms with Gasteiger partial charge >= 0.3 is 0 Å². The average molecular weight is 445 g/mol. The summed E-state index contributed by atoms with van der Waals surface area (Å²) in [6.07, 6.45) is 0. The molecule has 7 heteroatoms. The second kappa shape index (κ2) is 8.37. The van der Waals surface area contributed by atoms with Crippen LogP contribution in [-0.4, -0.2) is 25.2 Å². The van der Waals surface area contributed by atoms with E-state index in [2.05, 4.69) is 26.6 Å². The summed E-state index contributed by atoms with van der Waals surface area (Å²) in [6.45, 7) is 0. The van der Waals surface area contributed by atoms with E-state index in [1.165, 1.54) is 0 Å². The van der Waals surface area contributed by atoms with Crippen molar-refractivity contribution in [3.05, 3.63) is 64.6 Å². The molecule has 2 N–H and O–H groups in total. The van der Waals surface area contributed by atoms with E-state index in [0.717, 1.165) is 15.2 Å². The van der Waals surface area contributed by atoms with Crippen LogP contribution in [0.2, 0.25) is 0 Å². The predicted octanol–water partition coefficient (Wildman–Crippen LogP) is 4.75. The van der Waals surface area contributed by atoms with Crippen LogP contribution in [0, 0.1) is 0 Å². The van der Waals surface area contributed by atoms with Crippen LogP contribution in [0.4, 0.5) is 5.69 Å². The van der Waals surface area contributed by atoms with Crippen molar-refractivity contribution in [2.45, 2.75) is 0 Å². The highest BCUT2D eigenvalue weighted by molar-refractivity contribution is 9.10. The topological polar surface area (TPSA) is 59.6 Å². The molecule has 0 aliphatic carbocycles. The summed E-state index contributed by atoms with van der Waals surface area (Å²) in [5.41, 5.74) is 1.17. The number of thiocarbonyl (C=S) groups is 1. The van der Waals surface area contributed by atoms with Crippen molar-refractivity contribution < 1.29 is 14.3 Å². The van der Waals surface area contributed by atoms with Crippen LogP contribution in [-0.2, 0) is 0 Å². The maximum Gasteiger partial charge on any atom is 0.258 e. The van der Waals surface area contributed by atoms with Crippen LogP contribution in [0.15, 0.2) is 59.1 Å². The van der Waals surface area contributed by atoms with Crippen LogP contribution < -0.4 is 20.1 Å². The van der Waals surface area contributed by atoms with E-state index in [1.807, 2.05) is 30.3 Å². The summed E-state index contributed by atoms with van der Waals surface area (Å²) in [6, 6.07) is 16.6. The molecule has 138 valence electrons. The first-order valence-electron chi connectivity index (χ1n) is 8.05. The molecule has 0 atom stereocenters. The summed E-state index contributed by atoms with van der Waals surface area (Å²) in [4.78, 5) is 12.7. The van der Waals surface area contributed by atoms with Gasteiger partial charge in [0.2, 0.25) is 0 Å². The summed E-state index contributed by atoms with van der Waals surface area (Å²) in [5.74, 6) is 0.928. The number of ether oxygens (including phenoxy) is 2. The van der Waals surface area contributed by atoms with E-state index in [4.69, 9.17) is 21.7 Å². The summed E-state index contributed by atoms with van der Waals surface area (Å²) >= 11 is 8.80. The number of rotatable bonds is 4. The number of methoxy groups -OCH3 is 2. The van der Waals surface area contributed by atoms with Crippen molar-refractivity contribution in [1.29, 1.82) is 0 Å². The third kappa shape index (κ3) is 4.20. The van der Waals surface area contributed by atoms with Crippen molar-refractivity contribution >= 4 is 55.6 Å². The number of hydrogen-bond donors (Lipinski definition) is 2. The fraction of sp³-hybridized carbons (Fsp3) is 0.100. The first-order valence-corrected chi connectivity index (χ1v) is 9.25. The van der Waals surface area contributed by atoms with E-state index >= 15 is 0 Å². The fourth-order valence-electron chi connectivity index (χ4n) is 2.70. The van der Waals surface area contributed by atoms with E-state index in [0.29, 0.717) is 22.7 Å². The molecule has 27 heavy (non-hydrogen) atoms. The van der Waals surface area contributed by atoms with Crippen molar-refractivity contribution in [2.24, 2.45) is 0 Å². The Morgan fingerprint density at radius 1 is 1.00 bits per heavy atom. The molecule has 0 aliphatic heterocycles. The van der Waals surface area contributed by atoms with Gasteiger partial charge in [-0.1, -0.05) is 40.2 Å². The van der Waals surface area contributed by atoms with E-state index in [-0.39, 0.29) is 11.0 Å². The normalized spacial score (nSPS) is 10.3. The Balaban J connectivity index is 1.79. The molecule has 0 radical (unpaired) electrons. The third-order valence-corrected chi connectivity index (χ3v) is 4.89. The van der Waals surface area contributed by atoms with Gasteiger partial charge < -0.3 is 14.8 Å². The quantitative estimate of drug-likeness (QED) is 0.568. The highest BCUT2D eigenvalue weighted by Gasteiger charge is 2.14. The van der Waals surface area contributed by atoms with Crippen LogP contribution in [0.5, 0.6) is 11.5 Å². The summed E-state index contributed by atoms with van der Waals surface area (Å²) in [7, 11) is 3.13. The minimum atomic E-state index is -0.288. The zero-order valence-electron chi connectivity index (χ0n) is 14.7. The smallest absolute Gasteiger partial charge is 0.258 e. The molecule has 0 unspecified atom stereocenters. The number of fused-ring (bicyclic) bond motifs is 1. The third-order valence-electron chi connectivity index (χ3n) is 4.00. The van der Waals surface area contributed by atoms with Crippen LogP contribution in [0.3, 0.4) is 0 Å². The fourth-order valence-corrected chi connectivity index (χ4v) is 3.40. The molecule has 0 heterocycles. The van der Waals surface area contributed by atoms with Gasteiger partial charge in [-0.25, -0.2) is 0 Å². The van der Waals surface area contributed by atoms with Gasteiger partial charge in [0.15, 0.2) is 5.11 Å². The van der Waals surface area contributed by atoms with Crippen molar-refractivity contribution in [3.8, 4) is 11.5 Å². The van der Waals surface area contributed by atoms with Gasteiger partial charge in [-0.2, -0.15) is 0 Å². The zero-order valence-corrected chi connectivity index (χ0v) is 17.1. The maximum atomic E-state index is 12.7. The second-order valence-electron chi connectivity index (χ2n) is 5.61. The van der Waals surface area contributed by atoms with Gasteiger partial charge in [-0.15, -0.1) is 0 Å². The molecule has 0 aromatic heterocycles. The Morgan fingerprint density at radius 2 is 1.74 bits per heavy atom. The van der Waals surface area contributed by atoms with Gasteiger partial charge in [0.05, 0.1) is 19.9 Å². The molecular formula is C20H17BrN2O3S. The van der Waals surface area contributed by atoms with Gasteiger partial charge in [0, 0.05) is 16.1 Å². The summed E-state index contributed by atoms with van der Waals surface area (Å²) < 4.78 is 11.4. The molecule has 0 spiro atoms. The number of benzene rings is 3. The minimum absolute atomic E-state index is 0.176. The number of amides is 1. The first kappa shape index (κ1) is 19.1. The van der Waals surface area contributed by atoms with Gasteiger partial charge in [-0.3, -0.25) is 10.1 Å². The van der Waals surface area contributed by atoms with Crippen molar-refractivity contribution in [1.82, 2.24) is 5.32 Å². The molecule has 0 fully saturated rings. The lowest BCUT2D eigenvalue weighted by molar-refractivity contribution is 0.0979. The van der Waals surface area contributed by atoms with Gasteiger partial charge in [0.25, 0.3) is 5.91 Å². The predicted molar refractivity (Wildman–Crippen MR) is 115 cm³/mol. The number of halogens is 1. The van der Waals surface area contributed by atoms with E-state index in [9.17, 15) is 4.79 Å². The number of nitrogens with one attached hydrogen (secondary N) is 2. The Morgan fingerprint density at radius 3 is 2.48 bits per heavy atom. The molecule has 1 amide bonds. The number of anilines is 1. The first-order chi connectivity index (χ1) is 13.0. The Bertz CT molecular complexity index is 1020. The Hall–Kier alpha value is -2.64. The van der Waals surface area contributed by atoms with Crippen molar-refractivity contribution in [3.63, 3.8) is 0 Å². The molecule has 0 saturated heterocycles. The van der Waals surface area contributed by atoms with Crippen molar-refractivity contribution in [2.75, 3.05) is 19.5 Å². The molecule has 3 aromatic carbocycles.